The van der Waals surface area contributed by atoms with Gasteiger partial charge in [-0.15, -0.1) is 0 Å². The number of carbonyl (C=O) groups is 6. The highest BCUT2D eigenvalue weighted by Gasteiger charge is 2.32. The molecule has 34 heteroatoms. The van der Waals surface area contributed by atoms with Crippen LogP contribution in [0.3, 0.4) is 0 Å². The van der Waals surface area contributed by atoms with E-state index in [4.69, 9.17) is 23.4 Å². The molecule has 1 aromatic carbocycles. The molecule has 0 unspecified atom stereocenters. The van der Waals surface area contributed by atoms with E-state index in [0.717, 1.165) is 51.4 Å². The van der Waals surface area contributed by atoms with Crippen LogP contribution in [0.2, 0.25) is 0 Å². The molecule has 4 N–H and O–H groups in total. The summed E-state index contributed by atoms with van der Waals surface area (Å²) in [7, 11) is 1.82. The maximum Gasteiger partial charge on any atom is 0.417 e. The second-order valence-electron chi connectivity index (χ2n) is 26.9. The van der Waals surface area contributed by atoms with Gasteiger partial charge in [-0.2, -0.15) is 29.9 Å². The van der Waals surface area contributed by atoms with E-state index in [0.29, 0.717) is 78.2 Å². The zero-order valence-corrected chi connectivity index (χ0v) is 60.1. The molecule has 8 aromatic rings. The van der Waals surface area contributed by atoms with Crippen LogP contribution in [0.4, 0.5) is 49.6 Å². The highest BCUT2D eigenvalue weighted by Crippen LogP contribution is 2.33. The fraction of sp³-hybridized carbons (Fsp3) is 0.537. The van der Waals surface area contributed by atoms with Crippen LogP contribution in [0.5, 0.6) is 11.6 Å². The van der Waals surface area contributed by atoms with Crippen molar-refractivity contribution in [1.82, 2.24) is 58.6 Å². The second kappa shape index (κ2) is 35.8. The lowest BCUT2D eigenvalue weighted by molar-refractivity contribution is -0.384. The molecule has 0 atom stereocenters. The van der Waals surface area contributed by atoms with Gasteiger partial charge in [-0.1, -0.05) is 73.1 Å². The van der Waals surface area contributed by atoms with Crippen LogP contribution < -0.4 is 29.7 Å². The summed E-state index contributed by atoms with van der Waals surface area (Å²) in [6, 6.07) is 8.98. The number of hydrogen-bond donors (Lipinski definition) is 4. The molecule has 0 bridgehead atoms. The predicted molar refractivity (Wildman–Crippen MR) is 376 cm³/mol. The molecule has 0 saturated heterocycles. The van der Waals surface area contributed by atoms with Gasteiger partial charge in [0.05, 0.1) is 36.7 Å². The number of hydrogen-bond acceptors (Lipinski definition) is 24. The molecule has 0 spiro atoms. The zero-order valence-electron chi connectivity index (χ0n) is 60.1. The number of ether oxygens (including phenoxy) is 4. The van der Waals surface area contributed by atoms with Crippen LogP contribution in [-0.4, -0.2) is 165 Å². The lowest BCUT2D eigenvalue weighted by Crippen LogP contribution is -2.39. The van der Waals surface area contributed by atoms with Gasteiger partial charge in [0, 0.05) is 45.4 Å². The van der Waals surface area contributed by atoms with Crippen molar-refractivity contribution in [2.24, 2.45) is 5.92 Å². The number of non-ortho nitro benzene ring substituents is 1. The number of aromatic nitrogens is 12. The summed E-state index contributed by atoms with van der Waals surface area (Å²) >= 11 is 0. The van der Waals surface area contributed by atoms with Gasteiger partial charge < -0.3 is 62.6 Å². The van der Waals surface area contributed by atoms with Crippen LogP contribution >= 0.6 is 0 Å². The van der Waals surface area contributed by atoms with Gasteiger partial charge in [0.1, 0.15) is 47.9 Å². The Morgan fingerprint density at radius 2 is 0.980 bits per heavy atom. The van der Waals surface area contributed by atoms with Crippen LogP contribution in [0.15, 0.2) is 66.1 Å². The van der Waals surface area contributed by atoms with Crippen molar-refractivity contribution in [3.05, 3.63) is 77.5 Å². The Morgan fingerprint density at radius 3 is 1.38 bits per heavy atom. The first-order valence-corrected chi connectivity index (χ1v) is 33.3. The number of benzene rings is 1. The third-order valence-electron chi connectivity index (χ3n) is 14.0. The molecule has 101 heavy (non-hydrogen) atoms. The number of unbranched alkanes of at least 4 members (excludes halogenated alkanes) is 6. The fourth-order valence-electron chi connectivity index (χ4n) is 9.45. The van der Waals surface area contributed by atoms with Crippen LogP contribution in [0.1, 0.15) is 160 Å². The number of fused-ring (bicyclic) bond motifs is 3. The van der Waals surface area contributed by atoms with E-state index in [1.165, 1.54) is 71.6 Å². The van der Waals surface area contributed by atoms with Gasteiger partial charge in [0.25, 0.3) is 11.6 Å². The smallest absolute Gasteiger partial charge is 0.417 e. The summed E-state index contributed by atoms with van der Waals surface area (Å²) in [4.78, 5) is 130. The lowest BCUT2D eigenvalue weighted by Gasteiger charge is -2.27. The van der Waals surface area contributed by atoms with Gasteiger partial charge >= 0.3 is 36.2 Å². The summed E-state index contributed by atoms with van der Waals surface area (Å²) in [6.07, 6.45) is 11.7. The SMILES string of the molecule is CCCCCN(C(=O)OC(C)(C)C)c1nc(N(C)Cc2ccco2)c2ncn(CC(=O)O)c2n1.CCCCCN(C(=O)OC(C)(C)C)c1nc(NCC(C)C)c2ncn(CC(=O)O)c2n1.CCCCCN(C(=O)OC(C)(C)C)c1nc(Oc2ccc([N+](=O)[O-])cc2)c2ncn(CC(=O)O)c2n1. The molecule has 8 rings (SSSR count). The van der Waals surface area contributed by atoms with Crippen molar-refractivity contribution >= 4 is 105 Å². The van der Waals surface area contributed by atoms with Crippen LogP contribution in [0.25, 0.3) is 33.5 Å². The average molecular weight is 1410 g/mol. The number of nitrogens with one attached hydrogen (secondary N) is 1. The molecule has 7 aromatic heterocycles. The Hall–Kier alpha value is -10.8. The highest BCUT2D eigenvalue weighted by atomic mass is 16.6. The summed E-state index contributed by atoms with van der Waals surface area (Å²) in [5.41, 5.74) is -0.399. The Labute approximate surface area is 584 Å². The minimum Gasteiger partial charge on any atom is -0.480 e. The monoisotopic (exact) mass is 1410 g/mol. The molecule has 548 valence electrons. The van der Waals surface area contributed by atoms with Crippen molar-refractivity contribution in [3.63, 3.8) is 0 Å². The fourth-order valence-corrected chi connectivity index (χ4v) is 9.45. The van der Waals surface area contributed by atoms with Gasteiger partial charge in [-0.05, 0) is 112 Å². The Balaban J connectivity index is 0.000000239. The summed E-state index contributed by atoms with van der Waals surface area (Å²) in [5, 5.41) is 42.1. The molecule has 34 nitrogen and oxygen atoms in total. The zero-order chi connectivity index (χ0) is 74.5. The number of imidazole rings is 3. The van der Waals surface area contributed by atoms with Crippen molar-refractivity contribution < 1.29 is 72.4 Å². The maximum absolute atomic E-state index is 13.1. The number of nitro benzene ring substituents is 1. The maximum atomic E-state index is 13.1. The lowest BCUT2D eigenvalue weighted by atomic mass is 10.2. The van der Waals surface area contributed by atoms with E-state index in [1.54, 1.807) is 74.6 Å². The number of furan rings is 1. The molecule has 0 aliphatic rings. The average Bonchev–Trinajstić information content (AvgIpc) is 1.71. The number of carboxylic acids is 3. The van der Waals surface area contributed by atoms with E-state index in [-0.39, 0.29) is 66.0 Å². The number of carbonyl (C=O) groups excluding carboxylic acids is 3. The van der Waals surface area contributed by atoms with Crippen LogP contribution in [0, 0.1) is 16.0 Å². The Morgan fingerprint density at radius 1 is 0.574 bits per heavy atom. The van der Waals surface area contributed by atoms with E-state index in [1.807, 2.05) is 24.9 Å². The molecule has 0 saturated carbocycles. The number of nitrogens with zero attached hydrogens (tertiary/aromatic N) is 17. The van der Waals surface area contributed by atoms with Gasteiger partial charge in [0.2, 0.25) is 17.8 Å². The summed E-state index contributed by atoms with van der Waals surface area (Å²) in [5.74, 6) is -0.745. The number of carboxylic acid groups (broad SMARTS) is 3. The molecule has 0 aliphatic carbocycles. The normalized spacial score (nSPS) is 11.5. The minimum atomic E-state index is -1.11. The number of nitro groups is 1. The largest absolute Gasteiger partial charge is 0.480 e. The van der Waals surface area contributed by atoms with Crippen molar-refractivity contribution in [1.29, 1.82) is 0 Å². The van der Waals surface area contributed by atoms with E-state index >= 15 is 0 Å². The van der Waals surface area contributed by atoms with E-state index in [2.05, 4.69) is 77.9 Å². The summed E-state index contributed by atoms with van der Waals surface area (Å²) < 4.78 is 32.2. The molecule has 0 fully saturated rings. The second-order valence-corrected chi connectivity index (χ2v) is 26.9. The number of anilines is 5. The first kappa shape index (κ1) is 79.2. The predicted octanol–water partition coefficient (Wildman–Crippen LogP) is 12.5. The van der Waals surface area contributed by atoms with Crippen molar-refractivity contribution in [2.45, 2.75) is 198 Å². The molecule has 0 aliphatic heterocycles. The molecule has 0 radical (unpaired) electrons. The number of amides is 3. The molecule has 3 amide bonds. The molecule has 7 heterocycles. The summed E-state index contributed by atoms with van der Waals surface area (Å²) in [6.45, 7) is 27.3. The van der Waals surface area contributed by atoms with E-state index < -0.39 is 64.5 Å². The van der Waals surface area contributed by atoms with Crippen LogP contribution in [-0.2, 0) is 54.8 Å². The third-order valence-corrected chi connectivity index (χ3v) is 14.0. The Bertz CT molecular complexity index is 4090. The first-order valence-electron chi connectivity index (χ1n) is 33.3. The highest BCUT2D eigenvalue weighted by molar-refractivity contribution is 5.92. The third kappa shape index (κ3) is 24.0. The topological polar surface area (TPSA) is 412 Å². The number of rotatable bonds is 30. The molecular formula is C67H94N18O16. The standard InChI is InChI=1S/C23H28N6O7.C23H32N6O5.C21H34N6O4/c1-5-6-7-12-28(22(32)36-23(2,3)4)21-25-19-18(24-14-27(19)13-17(30)31)20(26-21)35-16-10-8-15(9-11-16)29(33)34;1-6-7-8-11-29(22(32)34-23(2,3)4)21-25-19(27(5)13-16-10-9-12-33-16)18-20(26-21)28(15-24-18)14-17(30)31;1-7-8-9-10-27(20(30)31-21(4,5)6)19-24-17(22-11-14(2)3)16-18(25-19)26(13-23-16)12-15(28)29/h8-11,14H,5-7,12-13H2,1-4H3,(H,30,31);9-10,12,15H,6-8,11,13-14H2,1-5H3,(H,30,31);13-14H,7-12H2,1-6H3,(H,28,29)(H,22,24,25). The number of aliphatic carboxylic acids is 3. The first-order chi connectivity index (χ1) is 47.6. The Kier molecular flexibility index (Phi) is 28.1. The quantitative estimate of drug-likeness (QED) is 0.0141. The van der Waals surface area contributed by atoms with Crippen molar-refractivity contribution in [2.75, 3.05) is 58.1 Å². The minimum absolute atomic E-state index is 0.0444. The van der Waals surface area contributed by atoms with Gasteiger partial charge in [-0.25, -0.2) is 44.0 Å². The van der Waals surface area contributed by atoms with Crippen molar-refractivity contribution in [3.8, 4) is 11.6 Å². The van der Waals surface area contributed by atoms with E-state index in [9.17, 15) is 54.2 Å². The molecular weight excluding hydrogens is 1310 g/mol. The van der Waals surface area contributed by atoms with Gasteiger partial charge in [-0.3, -0.25) is 24.5 Å². The van der Waals surface area contributed by atoms with Gasteiger partial charge in [0.15, 0.2) is 45.1 Å².